The van der Waals surface area contributed by atoms with Crippen LogP contribution in [0.3, 0.4) is 0 Å². The number of hydrogen-bond acceptors (Lipinski definition) is 3. The minimum absolute atomic E-state index is 0.0318. The van der Waals surface area contributed by atoms with Crippen molar-refractivity contribution in [1.82, 2.24) is 0 Å². The van der Waals surface area contributed by atoms with Gasteiger partial charge in [-0.25, -0.2) is 0 Å². The summed E-state index contributed by atoms with van der Waals surface area (Å²) in [6, 6.07) is 5.98. The lowest BCUT2D eigenvalue weighted by Gasteiger charge is -2.13. The Labute approximate surface area is 121 Å². The Morgan fingerprint density at radius 1 is 1.30 bits per heavy atom. The molecule has 3 N–H and O–H groups in total. The smallest absolute Gasteiger partial charge is 0.224 e. The zero-order valence-corrected chi connectivity index (χ0v) is 12.6. The minimum atomic E-state index is 0.0318. The fraction of sp³-hybridized carbons (Fsp3) is 0.562. The summed E-state index contributed by atoms with van der Waals surface area (Å²) in [5.74, 6) is 0.784. The highest BCUT2D eigenvalue weighted by Crippen LogP contribution is 2.27. The van der Waals surface area contributed by atoms with E-state index in [0.29, 0.717) is 13.0 Å². The maximum atomic E-state index is 11.7. The van der Waals surface area contributed by atoms with Gasteiger partial charge in [0.2, 0.25) is 5.91 Å². The van der Waals surface area contributed by atoms with Gasteiger partial charge in [-0.2, -0.15) is 0 Å². The number of ether oxygens (including phenoxy) is 1. The second-order valence-electron chi connectivity index (χ2n) is 4.81. The van der Waals surface area contributed by atoms with E-state index in [2.05, 4.69) is 5.32 Å². The number of carbonyl (C=O) groups is 1. The van der Waals surface area contributed by atoms with E-state index in [1.165, 1.54) is 5.56 Å². The highest BCUT2D eigenvalue weighted by Gasteiger charge is 2.08. The van der Waals surface area contributed by atoms with Gasteiger partial charge in [-0.15, -0.1) is 0 Å². The number of aryl methyl sites for hydroxylation is 1. The SMILES string of the molecule is CCCC(=O)Nc1ccc(CCCCN)cc1OCC. The van der Waals surface area contributed by atoms with Gasteiger partial charge in [-0.3, -0.25) is 4.79 Å². The van der Waals surface area contributed by atoms with Crippen LogP contribution in [-0.2, 0) is 11.2 Å². The molecule has 20 heavy (non-hydrogen) atoms. The monoisotopic (exact) mass is 278 g/mol. The number of carbonyl (C=O) groups excluding carboxylic acids is 1. The van der Waals surface area contributed by atoms with Crippen molar-refractivity contribution in [3.8, 4) is 5.75 Å². The van der Waals surface area contributed by atoms with Crippen LogP contribution in [0, 0.1) is 0 Å². The fourth-order valence-electron chi connectivity index (χ4n) is 2.01. The first-order chi connectivity index (χ1) is 9.71. The van der Waals surface area contributed by atoms with Crippen molar-refractivity contribution < 1.29 is 9.53 Å². The van der Waals surface area contributed by atoms with Gasteiger partial charge in [-0.05, 0) is 56.8 Å². The van der Waals surface area contributed by atoms with Crippen molar-refractivity contribution in [3.63, 3.8) is 0 Å². The largest absolute Gasteiger partial charge is 0.492 e. The van der Waals surface area contributed by atoms with Gasteiger partial charge >= 0.3 is 0 Å². The maximum absolute atomic E-state index is 11.7. The van der Waals surface area contributed by atoms with Gasteiger partial charge in [0.15, 0.2) is 0 Å². The first kappa shape index (κ1) is 16.5. The molecule has 0 aliphatic carbocycles. The Morgan fingerprint density at radius 3 is 2.75 bits per heavy atom. The maximum Gasteiger partial charge on any atom is 0.224 e. The summed E-state index contributed by atoms with van der Waals surface area (Å²) < 4.78 is 5.62. The van der Waals surface area contributed by atoms with Gasteiger partial charge in [0.25, 0.3) is 0 Å². The second kappa shape index (κ2) is 9.37. The van der Waals surface area contributed by atoms with Crippen molar-refractivity contribution in [2.45, 2.75) is 46.0 Å². The van der Waals surface area contributed by atoms with E-state index in [1.54, 1.807) is 0 Å². The molecule has 0 radical (unpaired) electrons. The lowest BCUT2D eigenvalue weighted by Crippen LogP contribution is -2.12. The fourth-order valence-corrected chi connectivity index (χ4v) is 2.01. The van der Waals surface area contributed by atoms with E-state index in [-0.39, 0.29) is 5.91 Å². The van der Waals surface area contributed by atoms with Crippen molar-refractivity contribution in [2.24, 2.45) is 5.73 Å². The van der Waals surface area contributed by atoms with Crippen LogP contribution in [0.1, 0.15) is 45.1 Å². The molecule has 0 heterocycles. The summed E-state index contributed by atoms with van der Waals surface area (Å²) in [4.78, 5) is 11.7. The average Bonchev–Trinajstić information content (AvgIpc) is 2.42. The Morgan fingerprint density at radius 2 is 2.10 bits per heavy atom. The highest BCUT2D eigenvalue weighted by molar-refractivity contribution is 5.92. The van der Waals surface area contributed by atoms with Crippen LogP contribution >= 0.6 is 0 Å². The number of hydrogen-bond donors (Lipinski definition) is 2. The standard InChI is InChI=1S/C16H26N2O2/c1-3-7-16(19)18-14-10-9-13(8-5-6-11-17)12-15(14)20-4-2/h9-10,12H,3-8,11,17H2,1-2H3,(H,18,19). The van der Waals surface area contributed by atoms with E-state index in [0.717, 1.165) is 43.7 Å². The summed E-state index contributed by atoms with van der Waals surface area (Å²) in [5, 5.41) is 2.91. The number of amides is 1. The zero-order chi connectivity index (χ0) is 14.8. The third-order valence-corrected chi connectivity index (χ3v) is 3.02. The van der Waals surface area contributed by atoms with Crippen LogP contribution in [0.5, 0.6) is 5.75 Å². The third kappa shape index (κ3) is 5.61. The van der Waals surface area contributed by atoms with Gasteiger partial charge in [0.1, 0.15) is 5.75 Å². The number of anilines is 1. The number of nitrogens with two attached hydrogens (primary N) is 1. The van der Waals surface area contributed by atoms with Crippen molar-refractivity contribution in [3.05, 3.63) is 23.8 Å². The Kier molecular flexibility index (Phi) is 7.73. The van der Waals surface area contributed by atoms with Crippen molar-refractivity contribution in [1.29, 1.82) is 0 Å². The molecule has 0 aliphatic rings. The molecule has 0 spiro atoms. The molecule has 112 valence electrons. The van der Waals surface area contributed by atoms with Gasteiger partial charge < -0.3 is 15.8 Å². The molecule has 0 fully saturated rings. The molecule has 1 amide bonds. The molecule has 1 aromatic rings. The Bertz CT molecular complexity index is 419. The van der Waals surface area contributed by atoms with Crippen LogP contribution in [0.4, 0.5) is 5.69 Å². The molecule has 0 saturated heterocycles. The predicted molar refractivity (Wildman–Crippen MR) is 83.1 cm³/mol. The molecule has 4 heteroatoms. The van der Waals surface area contributed by atoms with Gasteiger partial charge in [-0.1, -0.05) is 13.0 Å². The summed E-state index contributed by atoms with van der Waals surface area (Å²) in [7, 11) is 0. The molecule has 0 aromatic heterocycles. The molecule has 0 unspecified atom stereocenters. The van der Waals surface area contributed by atoms with Crippen LogP contribution in [0.2, 0.25) is 0 Å². The lowest BCUT2D eigenvalue weighted by molar-refractivity contribution is -0.116. The summed E-state index contributed by atoms with van der Waals surface area (Å²) in [6.45, 7) is 5.24. The van der Waals surface area contributed by atoms with E-state index >= 15 is 0 Å². The highest BCUT2D eigenvalue weighted by atomic mass is 16.5. The van der Waals surface area contributed by atoms with Crippen LogP contribution < -0.4 is 15.8 Å². The molecule has 0 bridgehead atoms. The quantitative estimate of drug-likeness (QED) is 0.682. The average molecular weight is 278 g/mol. The summed E-state index contributed by atoms with van der Waals surface area (Å²) in [6.07, 6.45) is 4.46. The van der Waals surface area contributed by atoms with Gasteiger partial charge in [0.05, 0.1) is 12.3 Å². The van der Waals surface area contributed by atoms with E-state index in [9.17, 15) is 4.79 Å². The molecular formula is C16H26N2O2. The lowest BCUT2D eigenvalue weighted by atomic mass is 10.1. The summed E-state index contributed by atoms with van der Waals surface area (Å²) >= 11 is 0. The van der Waals surface area contributed by atoms with Crippen LogP contribution in [0.15, 0.2) is 18.2 Å². The molecule has 0 atom stereocenters. The van der Waals surface area contributed by atoms with Crippen molar-refractivity contribution in [2.75, 3.05) is 18.5 Å². The molecular weight excluding hydrogens is 252 g/mol. The number of benzene rings is 1. The normalized spacial score (nSPS) is 10.3. The third-order valence-electron chi connectivity index (χ3n) is 3.02. The molecule has 4 nitrogen and oxygen atoms in total. The first-order valence-electron chi connectivity index (χ1n) is 7.46. The van der Waals surface area contributed by atoms with E-state index < -0.39 is 0 Å². The Hall–Kier alpha value is -1.55. The molecule has 0 saturated carbocycles. The minimum Gasteiger partial charge on any atom is -0.492 e. The van der Waals surface area contributed by atoms with Crippen LogP contribution in [-0.4, -0.2) is 19.1 Å². The molecule has 1 aromatic carbocycles. The molecule has 0 aliphatic heterocycles. The predicted octanol–water partition coefficient (Wildman–Crippen LogP) is 3.11. The first-order valence-corrected chi connectivity index (χ1v) is 7.46. The second-order valence-corrected chi connectivity index (χ2v) is 4.81. The van der Waals surface area contributed by atoms with Crippen molar-refractivity contribution >= 4 is 11.6 Å². The summed E-state index contributed by atoms with van der Waals surface area (Å²) in [5.41, 5.74) is 7.48. The van der Waals surface area contributed by atoms with Gasteiger partial charge in [0, 0.05) is 6.42 Å². The molecule has 1 rings (SSSR count). The van der Waals surface area contributed by atoms with E-state index in [1.807, 2.05) is 32.0 Å². The number of nitrogens with one attached hydrogen (secondary N) is 1. The topological polar surface area (TPSA) is 64.4 Å². The van der Waals surface area contributed by atoms with E-state index in [4.69, 9.17) is 10.5 Å². The number of rotatable bonds is 9. The van der Waals surface area contributed by atoms with Crippen LogP contribution in [0.25, 0.3) is 0 Å². The zero-order valence-electron chi connectivity index (χ0n) is 12.6. The number of unbranched alkanes of at least 4 members (excludes halogenated alkanes) is 1. The Balaban J connectivity index is 2.75.